The second-order valence-electron chi connectivity index (χ2n) is 9.89. The Hall–Kier alpha value is -2.56. The van der Waals surface area contributed by atoms with Gasteiger partial charge in [-0.2, -0.15) is 26.3 Å². The molecule has 38 heavy (non-hydrogen) atoms. The number of benzene rings is 2. The van der Waals surface area contributed by atoms with Gasteiger partial charge in [0.05, 0.1) is 5.56 Å². The molecule has 11 heteroatoms. The van der Waals surface area contributed by atoms with Gasteiger partial charge in [0.25, 0.3) is 0 Å². The number of nitrogens with one attached hydrogen (secondary N) is 1. The van der Waals surface area contributed by atoms with Crippen molar-refractivity contribution in [2.24, 2.45) is 5.92 Å². The Kier molecular flexibility index (Phi) is 9.05. The number of alkyl halides is 6. The Labute approximate surface area is 222 Å². The minimum Gasteiger partial charge on any atom is -0.382 e. The van der Waals surface area contributed by atoms with Crippen LogP contribution >= 0.6 is 11.8 Å². The third-order valence-electron chi connectivity index (χ3n) is 7.25. The molecule has 2 aromatic rings. The number of rotatable bonds is 7. The van der Waals surface area contributed by atoms with Gasteiger partial charge in [-0.3, -0.25) is 4.79 Å². The third-order valence-corrected chi connectivity index (χ3v) is 7.99. The predicted molar refractivity (Wildman–Crippen MR) is 137 cm³/mol. The van der Waals surface area contributed by atoms with Crippen LogP contribution in [0.2, 0.25) is 0 Å². The lowest BCUT2D eigenvalue weighted by Crippen LogP contribution is -2.42. The van der Waals surface area contributed by atoms with Crippen LogP contribution in [0.25, 0.3) is 0 Å². The SMILES string of the molecule is O=C(CCC1CCN(c2ccc(C(F)(F)F)cc2)CC1)N1CCC(Nc2ccc(SC(F)(F)F)cc2)CC1. The molecule has 1 amide bonds. The summed E-state index contributed by atoms with van der Waals surface area (Å²) in [5.41, 5.74) is -3.39. The molecule has 0 unspecified atom stereocenters. The topological polar surface area (TPSA) is 35.6 Å². The highest BCUT2D eigenvalue weighted by molar-refractivity contribution is 8.00. The van der Waals surface area contributed by atoms with Crippen LogP contribution in [-0.4, -0.2) is 48.5 Å². The first-order valence-corrected chi connectivity index (χ1v) is 13.6. The largest absolute Gasteiger partial charge is 0.446 e. The molecule has 0 radical (unpaired) electrons. The standard InChI is InChI=1S/C27H31F6N3OS/c28-26(29,30)20-2-6-23(7-3-20)35-15-11-19(12-16-35)1-10-25(37)36-17-13-22(14-18-36)34-21-4-8-24(9-5-21)38-27(31,32)33/h2-9,19,22,34H,1,10-18H2. The van der Waals surface area contributed by atoms with Crippen molar-refractivity contribution in [3.8, 4) is 0 Å². The molecular formula is C27H31F6N3OS. The van der Waals surface area contributed by atoms with Crippen molar-refractivity contribution in [2.45, 2.75) is 61.1 Å². The van der Waals surface area contributed by atoms with Crippen molar-refractivity contribution < 1.29 is 31.1 Å². The Morgan fingerprint density at radius 2 is 1.45 bits per heavy atom. The number of amides is 1. The van der Waals surface area contributed by atoms with E-state index in [4.69, 9.17) is 0 Å². The Balaban J connectivity index is 1.14. The summed E-state index contributed by atoms with van der Waals surface area (Å²) in [5.74, 6) is 0.560. The summed E-state index contributed by atoms with van der Waals surface area (Å²) in [6.45, 7) is 2.81. The highest BCUT2D eigenvalue weighted by Crippen LogP contribution is 2.37. The van der Waals surface area contributed by atoms with Crippen molar-refractivity contribution in [3.63, 3.8) is 0 Å². The van der Waals surface area contributed by atoms with E-state index in [1.165, 1.54) is 24.3 Å². The van der Waals surface area contributed by atoms with E-state index in [1.807, 2.05) is 4.90 Å². The van der Waals surface area contributed by atoms with Gasteiger partial charge in [-0.05, 0) is 98.3 Å². The first-order valence-electron chi connectivity index (χ1n) is 12.8. The Bertz CT molecular complexity index is 1040. The van der Waals surface area contributed by atoms with Gasteiger partial charge in [-0.25, -0.2) is 0 Å². The molecule has 0 bridgehead atoms. The number of halogens is 6. The molecule has 2 fully saturated rings. The van der Waals surface area contributed by atoms with Gasteiger partial charge >= 0.3 is 11.7 Å². The monoisotopic (exact) mass is 559 g/mol. The van der Waals surface area contributed by atoms with Crippen LogP contribution in [0.4, 0.5) is 37.7 Å². The van der Waals surface area contributed by atoms with Crippen LogP contribution in [0.15, 0.2) is 53.4 Å². The summed E-state index contributed by atoms with van der Waals surface area (Å²) >= 11 is -0.135. The maximum atomic E-state index is 12.8. The minimum atomic E-state index is -4.34. The zero-order chi connectivity index (χ0) is 27.3. The molecule has 1 N–H and O–H groups in total. The Morgan fingerprint density at radius 1 is 0.842 bits per heavy atom. The number of piperidine rings is 2. The van der Waals surface area contributed by atoms with Gasteiger partial charge in [0.2, 0.25) is 5.91 Å². The maximum absolute atomic E-state index is 12.8. The van der Waals surface area contributed by atoms with E-state index < -0.39 is 17.2 Å². The van der Waals surface area contributed by atoms with E-state index in [0.29, 0.717) is 25.4 Å². The minimum absolute atomic E-state index is 0.135. The first kappa shape index (κ1) is 28.4. The number of likely N-dealkylation sites (tertiary alicyclic amines) is 1. The molecule has 0 spiro atoms. The summed E-state index contributed by atoms with van der Waals surface area (Å²) in [6, 6.07) is 11.6. The van der Waals surface area contributed by atoms with Crippen molar-refractivity contribution in [1.82, 2.24) is 4.90 Å². The second-order valence-corrected chi connectivity index (χ2v) is 11.0. The molecule has 0 saturated carbocycles. The molecular weight excluding hydrogens is 528 g/mol. The van der Waals surface area contributed by atoms with Crippen LogP contribution < -0.4 is 10.2 Å². The van der Waals surface area contributed by atoms with Gasteiger partial charge in [-0.1, -0.05) is 0 Å². The number of hydrogen-bond acceptors (Lipinski definition) is 4. The molecule has 0 aliphatic carbocycles. The van der Waals surface area contributed by atoms with Gasteiger partial charge in [-0.15, -0.1) is 0 Å². The number of anilines is 2. The van der Waals surface area contributed by atoms with Gasteiger partial charge in [0, 0.05) is 54.9 Å². The van der Waals surface area contributed by atoms with Gasteiger partial charge < -0.3 is 15.1 Å². The lowest BCUT2D eigenvalue weighted by molar-refractivity contribution is -0.137. The number of carbonyl (C=O) groups excluding carboxylic acids is 1. The molecule has 4 nitrogen and oxygen atoms in total. The Morgan fingerprint density at radius 3 is 2.00 bits per heavy atom. The van der Waals surface area contributed by atoms with Crippen LogP contribution in [0.5, 0.6) is 0 Å². The van der Waals surface area contributed by atoms with Crippen molar-refractivity contribution >= 4 is 29.0 Å². The van der Waals surface area contributed by atoms with E-state index in [9.17, 15) is 31.1 Å². The van der Waals surface area contributed by atoms with Crippen molar-refractivity contribution in [2.75, 3.05) is 36.4 Å². The predicted octanol–water partition coefficient (Wildman–Crippen LogP) is 7.42. The molecule has 2 aliphatic heterocycles. The van der Waals surface area contributed by atoms with E-state index >= 15 is 0 Å². The highest BCUT2D eigenvalue weighted by atomic mass is 32.2. The first-order chi connectivity index (χ1) is 18.0. The summed E-state index contributed by atoms with van der Waals surface area (Å²) in [6.07, 6.45) is 0.313. The van der Waals surface area contributed by atoms with E-state index in [2.05, 4.69) is 10.2 Å². The molecule has 208 valence electrons. The summed E-state index contributed by atoms with van der Waals surface area (Å²) in [4.78, 5) is 16.9. The normalized spacial score (nSPS) is 18.1. The third kappa shape index (κ3) is 8.22. The van der Waals surface area contributed by atoms with Crippen molar-refractivity contribution in [1.29, 1.82) is 0 Å². The lowest BCUT2D eigenvalue weighted by atomic mass is 9.91. The van der Waals surface area contributed by atoms with Crippen LogP contribution in [0.3, 0.4) is 0 Å². The molecule has 2 aliphatic rings. The molecule has 0 atom stereocenters. The zero-order valence-electron chi connectivity index (χ0n) is 20.8. The molecule has 2 aromatic carbocycles. The zero-order valence-corrected chi connectivity index (χ0v) is 21.6. The van der Waals surface area contributed by atoms with Crippen LogP contribution in [-0.2, 0) is 11.0 Å². The average Bonchev–Trinajstić information content (AvgIpc) is 2.88. The fourth-order valence-electron chi connectivity index (χ4n) is 5.09. The van der Waals surface area contributed by atoms with E-state index in [0.717, 1.165) is 68.7 Å². The number of thioether (sulfide) groups is 1. The molecule has 2 heterocycles. The molecule has 2 saturated heterocycles. The van der Waals surface area contributed by atoms with Crippen LogP contribution in [0.1, 0.15) is 44.1 Å². The van der Waals surface area contributed by atoms with Crippen LogP contribution in [0, 0.1) is 5.92 Å². The van der Waals surface area contributed by atoms with Gasteiger partial charge in [0.1, 0.15) is 0 Å². The summed E-state index contributed by atoms with van der Waals surface area (Å²) in [7, 11) is 0. The fraction of sp³-hybridized carbons (Fsp3) is 0.519. The number of nitrogens with zero attached hydrogens (tertiary/aromatic N) is 2. The van der Waals surface area contributed by atoms with E-state index in [-0.39, 0.29) is 28.6 Å². The average molecular weight is 560 g/mol. The fourth-order valence-corrected chi connectivity index (χ4v) is 5.63. The molecule has 0 aromatic heterocycles. The maximum Gasteiger partial charge on any atom is 0.446 e. The summed E-state index contributed by atoms with van der Waals surface area (Å²) in [5, 5.41) is 3.35. The highest BCUT2D eigenvalue weighted by Gasteiger charge is 2.31. The quantitative estimate of drug-likeness (QED) is 0.283. The lowest BCUT2D eigenvalue weighted by Gasteiger charge is -2.35. The van der Waals surface area contributed by atoms with E-state index in [1.54, 1.807) is 12.1 Å². The number of carbonyl (C=O) groups is 1. The van der Waals surface area contributed by atoms with Crippen molar-refractivity contribution in [3.05, 3.63) is 54.1 Å². The second kappa shape index (κ2) is 12.1. The van der Waals surface area contributed by atoms with Gasteiger partial charge in [0.15, 0.2) is 0 Å². The summed E-state index contributed by atoms with van der Waals surface area (Å²) < 4.78 is 75.8. The smallest absolute Gasteiger partial charge is 0.382 e. The molecule has 4 rings (SSSR count). The number of hydrogen-bond donors (Lipinski definition) is 1.